The molecule has 1 N–H and O–H groups in total. The number of unbranched alkanes of at least 4 members (excludes halogenated alkanes) is 4. The maximum Gasteiger partial charge on any atom is 0.417 e. The van der Waals surface area contributed by atoms with Gasteiger partial charge < -0.3 is 14.9 Å². The van der Waals surface area contributed by atoms with Crippen LogP contribution in [0, 0.1) is 11.3 Å². The number of β-amino-alcohol motifs (C(OH)–C–C–N with tert-alkyl or cyclic N) is 1. The molecule has 2 aliphatic heterocycles. The minimum atomic E-state index is -4.71. The van der Waals surface area contributed by atoms with Crippen LogP contribution in [-0.4, -0.2) is 63.7 Å². The Balaban J connectivity index is 1.57. The third kappa shape index (κ3) is 5.70. The van der Waals surface area contributed by atoms with E-state index in [1.54, 1.807) is 24.8 Å². The molecule has 0 radical (unpaired) electrons. The van der Waals surface area contributed by atoms with Crippen molar-refractivity contribution in [2.45, 2.75) is 70.2 Å². The molecule has 186 valence electrons. The average molecular weight is 497 g/mol. The van der Waals surface area contributed by atoms with Gasteiger partial charge in [-0.15, -0.1) is 0 Å². The minimum Gasteiger partial charge on any atom is -0.392 e. The third-order valence-corrected chi connectivity index (χ3v) is 7.02. The number of aliphatic hydroxyl groups is 1. The smallest absolute Gasteiger partial charge is 0.392 e. The van der Waals surface area contributed by atoms with E-state index in [1.807, 2.05) is 0 Å². The molecule has 0 bridgehead atoms. The Kier molecular flexibility index (Phi) is 8.22. The lowest BCUT2D eigenvalue weighted by Gasteiger charge is -2.29. The van der Waals surface area contributed by atoms with Crippen LogP contribution in [0.2, 0.25) is 0 Å². The maximum atomic E-state index is 13.4. The van der Waals surface area contributed by atoms with E-state index in [0.717, 1.165) is 75.2 Å². The van der Waals surface area contributed by atoms with Crippen molar-refractivity contribution in [3.05, 3.63) is 29.3 Å². The molecule has 2 aliphatic rings. The molecular formula is C24H31F3N4O2S. The first kappa shape index (κ1) is 26.4. The first-order chi connectivity index (χ1) is 16.0. The number of halogens is 3. The predicted octanol–water partition coefficient (Wildman–Crippen LogP) is 4.31. The molecule has 2 fully saturated rings. The van der Waals surface area contributed by atoms with Crippen LogP contribution in [-0.2, 0) is 11.0 Å². The molecular weight excluding hydrogens is 465 g/mol. The fraction of sp³-hybridized carbons (Fsp3) is 0.625. The highest BCUT2D eigenvalue weighted by atomic mass is 32.1. The lowest BCUT2D eigenvalue weighted by Crippen LogP contribution is -2.44. The summed E-state index contributed by atoms with van der Waals surface area (Å²) in [6.45, 7) is 6.69. The summed E-state index contributed by atoms with van der Waals surface area (Å²) < 4.78 is 40.2. The van der Waals surface area contributed by atoms with Crippen molar-refractivity contribution < 1.29 is 23.1 Å². The number of rotatable bonds is 9. The largest absolute Gasteiger partial charge is 0.417 e. The fourth-order valence-corrected chi connectivity index (χ4v) is 5.10. The van der Waals surface area contributed by atoms with Gasteiger partial charge in [0, 0.05) is 19.6 Å². The number of alkyl halides is 3. The number of hydrogen-bond donors (Lipinski definition) is 1. The van der Waals surface area contributed by atoms with Gasteiger partial charge in [0.2, 0.25) is 0 Å². The number of hydrogen-bond acceptors (Lipinski definition) is 5. The SMILES string of the molecule is CC1(C)C(=O)N(c2ccc(C#N)c(C(F)(F)F)c2)C(=S)N1CCCCCCCN1CC[C@@H](O)C1. The summed E-state index contributed by atoms with van der Waals surface area (Å²) in [5, 5.41) is 18.8. The van der Waals surface area contributed by atoms with Gasteiger partial charge in [0.25, 0.3) is 5.91 Å². The molecule has 10 heteroatoms. The number of nitrogens with zero attached hydrogens (tertiary/aromatic N) is 4. The van der Waals surface area contributed by atoms with Crippen LogP contribution >= 0.6 is 12.2 Å². The molecule has 1 atom stereocenters. The van der Waals surface area contributed by atoms with E-state index >= 15 is 0 Å². The summed E-state index contributed by atoms with van der Waals surface area (Å²) in [6.07, 6.45) is 0.911. The molecule has 0 unspecified atom stereocenters. The van der Waals surface area contributed by atoms with Crippen molar-refractivity contribution in [1.29, 1.82) is 5.26 Å². The summed E-state index contributed by atoms with van der Waals surface area (Å²) in [4.78, 5) is 18.3. The number of thiocarbonyl (C=S) groups is 1. The predicted molar refractivity (Wildman–Crippen MR) is 127 cm³/mol. The Morgan fingerprint density at radius 3 is 2.41 bits per heavy atom. The van der Waals surface area contributed by atoms with Crippen molar-refractivity contribution in [2.24, 2.45) is 0 Å². The lowest BCUT2D eigenvalue weighted by molar-refractivity contribution is -0.137. The van der Waals surface area contributed by atoms with Gasteiger partial charge >= 0.3 is 6.18 Å². The Morgan fingerprint density at radius 1 is 1.18 bits per heavy atom. The number of amides is 1. The molecule has 1 amide bonds. The molecule has 1 aromatic carbocycles. The summed E-state index contributed by atoms with van der Waals surface area (Å²) >= 11 is 5.52. The Bertz CT molecular complexity index is 961. The molecule has 6 nitrogen and oxygen atoms in total. The molecule has 2 saturated heterocycles. The van der Waals surface area contributed by atoms with Crippen LogP contribution in [0.5, 0.6) is 0 Å². The van der Waals surface area contributed by atoms with E-state index in [2.05, 4.69) is 4.90 Å². The Morgan fingerprint density at radius 2 is 1.82 bits per heavy atom. The average Bonchev–Trinajstić information content (AvgIpc) is 3.25. The van der Waals surface area contributed by atoms with E-state index < -0.39 is 22.8 Å². The molecule has 2 heterocycles. The van der Waals surface area contributed by atoms with Crippen molar-refractivity contribution >= 4 is 28.9 Å². The van der Waals surface area contributed by atoms with Crippen molar-refractivity contribution in [2.75, 3.05) is 31.1 Å². The second-order valence-corrected chi connectivity index (χ2v) is 9.85. The number of benzene rings is 1. The first-order valence-corrected chi connectivity index (χ1v) is 12.1. The second-order valence-electron chi connectivity index (χ2n) is 9.48. The van der Waals surface area contributed by atoms with Crippen LogP contribution in [0.1, 0.15) is 63.5 Å². The molecule has 0 aliphatic carbocycles. The normalized spacial score (nSPS) is 20.9. The van der Waals surface area contributed by atoms with E-state index in [-0.39, 0.29) is 22.8 Å². The Labute approximate surface area is 203 Å². The molecule has 0 spiro atoms. The van der Waals surface area contributed by atoms with Crippen LogP contribution in [0.25, 0.3) is 0 Å². The number of carbonyl (C=O) groups excluding carboxylic acids is 1. The zero-order valence-electron chi connectivity index (χ0n) is 19.6. The monoisotopic (exact) mass is 496 g/mol. The fourth-order valence-electron chi connectivity index (χ4n) is 4.59. The van der Waals surface area contributed by atoms with Gasteiger partial charge in [-0.3, -0.25) is 9.69 Å². The second kappa shape index (κ2) is 10.6. The third-order valence-electron chi connectivity index (χ3n) is 6.61. The van der Waals surface area contributed by atoms with Gasteiger partial charge in [-0.1, -0.05) is 19.3 Å². The van der Waals surface area contributed by atoms with Crippen molar-refractivity contribution in [3.8, 4) is 6.07 Å². The summed E-state index contributed by atoms with van der Waals surface area (Å²) in [5.74, 6) is -0.386. The molecule has 1 aromatic rings. The van der Waals surface area contributed by atoms with E-state index in [1.165, 1.54) is 6.07 Å². The van der Waals surface area contributed by atoms with Crippen LogP contribution in [0.15, 0.2) is 18.2 Å². The number of aliphatic hydroxyl groups excluding tert-OH is 1. The molecule has 0 aromatic heterocycles. The zero-order chi connectivity index (χ0) is 25.1. The summed E-state index contributed by atoms with van der Waals surface area (Å²) in [7, 11) is 0. The van der Waals surface area contributed by atoms with E-state index in [4.69, 9.17) is 17.5 Å². The van der Waals surface area contributed by atoms with Crippen LogP contribution in [0.3, 0.4) is 0 Å². The first-order valence-electron chi connectivity index (χ1n) is 11.6. The highest BCUT2D eigenvalue weighted by Crippen LogP contribution is 2.38. The molecule has 3 rings (SSSR count). The highest BCUT2D eigenvalue weighted by Gasteiger charge is 2.49. The van der Waals surface area contributed by atoms with Gasteiger partial charge in [-0.25, -0.2) is 0 Å². The van der Waals surface area contributed by atoms with Gasteiger partial charge in [0.15, 0.2) is 5.11 Å². The number of carbonyl (C=O) groups is 1. The highest BCUT2D eigenvalue weighted by molar-refractivity contribution is 7.80. The van der Waals surface area contributed by atoms with Crippen molar-refractivity contribution in [1.82, 2.24) is 9.80 Å². The minimum absolute atomic E-state index is 0.0175. The topological polar surface area (TPSA) is 70.8 Å². The van der Waals surface area contributed by atoms with E-state index in [9.17, 15) is 23.1 Å². The van der Waals surface area contributed by atoms with Crippen LogP contribution in [0.4, 0.5) is 18.9 Å². The number of likely N-dealkylation sites (tertiary alicyclic amines) is 1. The van der Waals surface area contributed by atoms with Gasteiger partial charge in [0.1, 0.15) is 5.54 Å². The number of anilines is 1. The summed E-state index contributed by atoms with van der Waals surface area (Å²) in [5.41, 5.74) is -2.53. The maximum absolute atomic E-state index is 13.4. The molecule has 0 saturated carbocycles. The van der Waals surface area contributed by atoms with Gasteiger partial charge in [-0.2, -0.15) is 18.4 Å². The van der Waals surface area contributed by atoms with E-state index in [0.29, 0.717) is 6.54 Å². The number of nitriles is 1. The lowest BCUT2D eigenvalue weighted by atomic mass is 10.0. The summed E-state index contributed by atoms with van der Waals surface area (Å²) in [6, 6.07) is 4.78. The van der Waals surface area contributed by atoms with Gasteiger partial charge in [-0.05, 0) is 70.1 Å². The van der Waals surface area contributed by atoms with Gasteiger partial charge in [0.05, 0.1) is 29.0 Å². The Hall–Kier alpha value is -2.22. The zero-order valence-corrected chi connectivity index (χ0v) is 20.4. The quantitative estimate of drug-likeness (QED) is 0.406. The van der Waals surface area contributed by atoms with Crippen LogP contribution < -0.4 is 4.90 Å². The standard InChI is InChI=1S/C24H31F3N4O2S/c1-23(2)21(33)31(18-9-8-17(15-28)20(14-18)24(25,26)27)22(34)30(23)12-7-5-3-4-6-11-29-13-10-19(32)16-29/h8-9,14,19,32H,3-7,10-13,16H2,1-2H3/t19-/m1/s1. The molecule has 34 heavy (non-hydrogen) atoms. The van der Waals surface area contributed by atoms with Crippen molar-refractivity contribution in [3.63, 3.8) is 0 Å².